The molecular weight excluding hydrogens is 393 g/mol. The zero-order chi connectivity index (χ0) is 7.15. The quantitative estimate of drug-likeness (QED) is 0.296. The molecule has 0 atom stereocenters. The van der Waals surface area contributed by atoms with Crippen molar-refractivity contribution in [1.29, 1.82) is 0 Å². The van der Waals surface area contributed by atoms with Gasteiger partial charge in [-0.3, -0.25) is 0 Å². The van der Waals surface area contributed by atoms with Gasteiger partial charge in [-0.1, -0.05) is 0 Å². The largest absolute Gasteiger partial charge is 1.00 e. The molecule has 14 heteroatoms. The molecule has 0 radical (unpaired) electrons. The summed E-state index contributed by atoms with van der Waals surface area (Å²) in [6.45, 7) is 0. The monoisotopic (exact) mass is 392 g/mol. The minimum atomic E-state index is -3.37. The molecule has 0 aliphatic carbocycles. The van der Waals surface area contributed by atoms with E-state index in [9.17, 15) is 0 Å². The van der Waals surface area contributed by atoms with Crippen LogP contribution in [0, 0.1) is 0 Å². The van der Waals surface area contributed by atoms with Gasteiger partial charge in [0.15, 0.2) is 0 Å². The molecule has 0 aromatic carbocycles. The zero-order valence-electron chi connectivity index (χ0n) is 9.34. The van der Waals surface area contributed by atoms with Crippen LogP contribution in [0.25, 0.3) is 0 Å². The first-order valence-corrected chi connectivity index (χ1v) is 3.29. The van der Waals surface area contributed by atoms with Gasteiger partial charge in [-0.15, -0.1) is 0 Å². The first-order chi connectivity index (χ1) is 3.46. The Bertz CT molecular complexity index is 35.8. The van der Waals surface area contributed by atoms with Gasteiger partial charge in [0.1, 0.15) is 0 Å². The Balaban J connectivity index is -0.00000000600. The van der Waals surface area contributed by atoms with Crippen molar-refractivity contribution in [2.45, 2.75) is 0 Å². The van der Waals surface area contributed by atoms with Crippen molar-refractivity contribution in [3.8, 4) is 0 Å². The van der Waals surface area contributed by atoms with E-state index in [1.54, 1.807) is 0 Å². The molecule has 6 nitrogen and oxygen atoms in total. The maximum atomic E-state index is 8.48. The fourth-order valence-corrected chi connectivity index (χ4v) is 0. The van der Waals surface area contributed by atoms with E-state index >= 15 is 0 Å². The van der Waals surface area contributed by atoms with Gasteiger partial charge >= 0.3 is 308 Å². The predicted molar refractivity (Wildman–Crippen MR) is 13.8 cm³/mol. The van der Waals surface area contributed by atoms with Gasteiger partial charge in [-0.25, -0.2) is 0 Å². The van der Waals surface area contributed by atoms with Gasteiger partial charge in [0, 0.05) is 0 Å². The second kappa shape index (κ2) is 43.7. The molecule has 0 saturated heterocycles. The summed E-state index contributed by atoms with van der Waals surface area (Å²) in [7, 11) is -6.74. The van der Waals surface area contributed by atoms with Crippen molar-refractivity contribution in [1.82, 2.24) is 0 Å². The molecule has 0 saturated carbocycles. The van der Waals surface area contributed by atoms with Crippen molar-refractivity contribution in [2.24, 2.45) is 0 Å². The SMILES string of the molecule is [K+].[K+].[K+].[K+].[K+].[K+].[O-]P([O-])[O-].[O-]P([O-])[O-]. The van der Waals surface area contributed by atoms with Gasteiger partial charge in [-0.2, -0.15) is 0 Å². The number of rotatable bonds is 0. The third-order valence-corrected chi connectivity index (χ3v) is 0. The molecule has 0 aromatic heterocycles. The molecule has 52 valence electrons. The molecule has 0 amide bonds. The minimum Gasteiger partial charge on any atom is -0.854 e. The van der Waals surface area contributed by atoms with Crippen LogP contribution in [0.4, 0.5) is 0 Å². The minimum absolute atomic E-state index is 0. The van der Waals surface area contributed by atoms with Crippen LogP contribution < -0.4 is 338 Å². The maximum Gasteiger partial charge on any atom is 1.00 e. The van der Waals surface area contributed by atoms with E-state index in [0.717, 1.165) is 0 Å². The van der Waals surface area contributed by atoms with E-state index in [4.69, 9.17) is 29.4 Å². The van der Waals surface area contributed by atoms with Crippen molar-refractivity contribution in [3.05, 3.63) is 0 Å². The Morgan fingerprint density at radius 1 is 0.357 bits per heavy atom. The van der Waals surface area contributed by atoms with E-state index < -0.39 is 17.2 Å². The Kier molecular flexibility index (Phi) is 155. The van der Waals surface area contributed by atoms with Crippen LogP contribution in [0.1, 0.15) is 0 Å². The van der Waals surface area contributed by atoms with Crippen LogP contribution in [0.15, 0.2) is 0 Å². The Hall–Kier alpha value is 10.4. The first kappa shape index (κ1) is 49.7. The molecule has 0 spiro atoms. The molecule has 0 aromatic rings. The summed E-state index contributed by atoms with van der Waals surface area (Å²) in [6, 6.07) is 0. The fraction of sp³-hybridized carbons (Fsp3) is 0. The number of hydrogen-bond donors (Lipinski definition) is 0. The fourth-order valence-electron chi connectivity index (χ4n) is 0. The zero-order valence-corrected chi connectivity index (χ0v) is 29.9. The molecule has 14 heavy (non-hydrogen) atoms. The number of hydrogen-bond acceptors (Lipinski definition) is 6. The second-order valence-electron chi connectivity index (χ2n) is 0.447. The van der Waals surface area contributed by atoms with Gasteiger partial charge in [0.05, 0.1) is 0 Å². The summed E-state index contributed by atoms with van der Waals surface area (Å²) >= 11 is 0. The molecular formula is K6O6P2. The van der Waals surface area contributed by atoms with Crippen molar-refractivity contribution in [2.75, 3.05) is 0 Å². The van der Waals surface area contributed by atoms with Gasteiger partial charge in [0.2, 0.25) is 0 Å². The summed E-state index contributed by atoms with van der Waals surface area (Å²) in [5, 5.41) is 0. The molecule has 0 bridgehead atoms. The third kappa shape index (κ3) is 94.6. The van der Waals surface area contributed by atoms with E-state index in [1.165, 1.54) is 0 Å². The van der Waals surface area contributed by atoms with Gasteiger partial charge in [-0.05, 0) is 0 Å². The third-order valence-electron chi connectivity index (χ3n) is 0. The first-order valence-electron chi connectivity index (χ1n) is 1.10. The van der Waals surface area contributed by atoms with Crippen LogP contribution >= 0.6 is 17.2 Å². The Morgan fingerprint density at radius 3 is 0.357 bits per heavy atom. The smallest absolute Gasteiger partial charge is 0.854 e. The molecule has 0 heterocycles. The topological polar surface area (TPSA) is 138 Å². The Morgan fingerprint density at radius 2 is 0.357 bits per heavy atom. The van der Waals surface area contributed by atoms with Crippen LogP contribution in [-0.2, 0) is 0 Å². The summed E-state index contributed by atoms with van der Waals surface area (Å²) < 4.78 is 0. The molecule has 0 aliphatic rings. The summed E-state index contributed by atoms with van der Waals surface area (Å²) in [5.41, 5.74) is 0. The average molecular weight is 393 g/mol. The van der Waals surface area contributed by atoms with Gasteiger partial charge < -0.3 is 46.6 Å². The van der Waals surface area contributed by atoms with Gasteiger partial charge in [0.25, 0.3) is 0 Å². The molecule has 0 unspecified atom stereocenters. The summed E-state index contributed by atoms with van der Waals surface area (Å²) in [4.78, 5) is 50.9. The van der Waals surface area contributed by atoms with E-state index in [0.29, 0.717) is 0 Å². The van der Waals surface area contributed by atoms with E-state index in [2.05, 4.69) is 0 Å². The molecule has 0 rings (SSSR count). The Labute approximate surface area is 341 Å². The summed E-state index contributed by atoms with van der Waals surface area (Å²) in [6.07, 6.45) is 0. The maximum absolute atomic E-state index is 8.48. The van der Waals surface area contributed by atoms with Crippen molar-refractivity contribution >= 4 is 17.2 Å². The van der Waals surface area contributed by atoms with E-state index in [-0.39, 0.29) is 308 Å². The van der Waals surface area contributed by atoms with E-state index in [1.807, 2.05) is 0 Å². The van der Waals surface area contributed by atoms with Crippen LogP contribution in [0.3, 0.4) is 0 Å². The molecule has 0 N–H and O–H groups in total. The molecule has 0 fully saturated rings. The van der Waals surface area contributed by atoms with Crippen LogP contribution in [0.2, 0.25) is 0 Å². The van der Waals surface area contributed by atoms with Crippen LogP contribution in [-0.4, -0.2) is 0 Å². The van der Waals surface area contributed by atoms with Crippen molar-refractivity contribution in [3.63, 3.8) is 0 Å². The standard InChI is InChI=1S/6K.2O3P/c;;;;;;2*1-4(2)3/q6*+1;2*-3. The summed E-state index contributed by atoms with van der Waals surface area (Å²) in [5.74, 6) is 0. The molecule has 0 aliphatic heterocycles. The van der Waals surface area contributed by atoms with Crippen LogP contribution in [0.5, 0.6) is 0 Å². The normalized spacial score (nSPS) is 5.14. The average Bonchev–Trinajstić information content (AvgIpc) is 1.25. The second-order valence-corrected chi connectivity index (χ2v) is 1.34. The van der Waals surface area contributed by atoms with Crippen molar-refractivity contribution < 1.29 is 338 Å². The predicted octanol–water partition coefficient (Wildman–Crippen LogP) is -23.4.